The molecule has 0 aliphatic carbocycles. The van der Waals surface area contributed by atoms with Gasteiger partial charge in [-0.05, 0) is 37.3 Å². The van der Waals surface area contributed by atoms with E-state index in [-0.39, 0.29) is 10.6 Å². The van der Waals surface area contributed by atoms with Crippen molar-refractivity contribution in [3.05, 3.63) is 63.6 Å². The summed E-state index contributed by atoms with van der Waals surface area (Å²) in [7, 11) is 1.25. The van der Waals surface area contributed by atoms with Gasteiger partial charge in [-0.15, -0.1) is 0 Å². The molecule has 1 aliphatic rings. The molecule has 0 spiro atoms. The molecule has 8 nitrogen and oxygen atoms in total. The van der Waals surface area contributed by atoms with Crippen LogP contribution < -0.4 is 10.6 Å². The van der Waals surface area contributed by atoms with Gasteiger partial charge in [-0.2, -0.15) is 0 Å². The number of urea groups is 1. The fourth-order valence-electron chi connectivity index (χ4n) is 3.10. The Balaban J connectivity index is 1.76. The Labute approximate surface area is 182 Å². The zero-order valence-electron chi connectivity index (χ0n) is 16.0. The highest BCUT2D eigenvalue weighted by molar-refractivity contribution is 6.35. The molecule has 0 aromatic heterocycles. The van der Waals surface area contributed by atoms with Crippen molar-refractivity contribution in [1.29, 1.82) is 0 Å². The summed E-state index contributed by atoms with van der Waals surface area (Å²) in [5, 5.41) is 5.72. The van der Waals surface area contributed by atoms with Gasteiger partial charge < -0.3 is 15.4 Å². The van der Waals surface area contributed by atoms with Crippen LogP contribution in [0.15, 0.2) is 42.5 Å². The van der Waals surface area contributed by atoms with Crippen molar-refractivity contribution >= 4 is 52.7 Å². The van der Waals surface area contributed by atoms with Crippen LogP contribution >= 0.6 is 23.2 Å². The number of ether oxygens (including phenoxy) is 1. The SMILES string of the molecule is COC(=O)c1cccc(NC(=O)CN2C(=O)NC(C)(c3ccc(Cl)cc3Cl)C2=O)c1. The van der Waals surface area contributed by atoms with E-state index in [1.165, 1.54) is 32.2 Å². The summed E-state index contributed by atoms with van der Waals surface area (Å²) < 4.78 is 4.64. The van der Waals surface area contributed by atoms with Crippen LogP contribution in [0.2, 0.25) is 10.0 Å². The van der Waals surface area contributed by atoms with Crippen LogP contribution in [0.4, 0.5) is 10.5 Å². The number of nitrogens with one attached hydrogen (secondary N) is 2. The van der Waals surface area contributed by atoms with Crippen molar-refractivity contribution in [3.63, 3.8) is 0 Å². The Hall–Kier alpha value is -3.10. The predicted octanol–water partition coefficient (Wildman–Crippen LogP) is 3.19. The van der Waals surface area contributed by atoms with Gasteiger partial charge in [-0.1, -0.05) is 35.3 Å². The lowest BCUT2D eigenvalue weighted by Gasteiger charge is -2.23. The molecule has 2 aromatic rings. The molecule has 156 valence electrons. The first-order valence-corrected chi connectivity index (χ1v) is 9.49. The standard InChI is InChI=1S/C20H17Cl2N3O5/c1-20(14-7-6-12(21)9-15(14)22)18(28)25(19(29)24-20)10-16(26)23-13-5-3-4-11(8-13)17(27)30-2/h3-9H,10H2,1-2H3,(H,23,26)(H,24,29). The molecule has 1 atom stereocenters. The quantitative estimate of drug-likeness (QED) is 0.538. The molecular formula is C20H17Cl2N3O5. The van der Waals surface area contributed by atoms with Gasteiger partial charge in [0, 0.05) is 21.3 Å². The third-order valence-corrected chi connectivity index (χ3v) is 5.16. The third-order valence-electron chi connectivity index (χ3n) is 4.61. The molecule has 3 rings (SSSR count). The van der Waals surface area contributed by atoms with Crippen LogP contribution in [-0.2, 0) is 19.9 Å². The Morgan fingerprint density at radius 1 is 1.17 bits per heavy atom. The van der Waals surface area contributed by atoms with E-state index < -0.39 is 35.9 Å². The summed E-state index contributed by atoms with van der Waals surface area (Å²) in [5.74, 6) is -1.81. The minimum Gasteiger partial charge on any atom is -0.465 e. The van der Waals surface area contributed by atoms with Crippen molar-refractivity contribution in [3.8, 4) is 0 Å². The molecule has 1 aliphatic heterocycles. The number of esters is 1. The number of imide groups is 1. The average molecular weight is 450 g/mol. The number of carbonyl (C=O) groups excluding carboxylic acids is 4. The number of anilines is 1. The molecule has 2 N–H and O–H groups in total. The Morgan fingerprint density at radius 3 is 2.57 bits per heavy atom. The second-order valence-electron chi connectivity index (χ2n) is 6.69. The Bertz CT molecular complexity index is 1060. The molecule has 1 saturated heterocycles. The van der Waals surface area contributed by atoms with Crippen LogP contribution in [0.25, 0.3) is 0 Å². The topological polar surface area (TPSA) is 105 Å². The van der Waals surface area contributed by atoms with Crippen LogP contribution in [0.5, 0.6) is 0 Å². The Kier molecular flexibility index (Phi) is 6.00. The Morgan fingerprint density at radius 2 is 1.90 bits per heavy atom. The summed E-state index contributed by atoms with van der Waals surface area (Å²) in [5.41, 5.74) is -0.515. The highest BCUT2D eigenvalue weighted by atomic mass is 35.5. The number of nitrogens with zero attached hydrogens (tertiary/aromatic N) is 1. The molecule has 0 radical (unpaired) electrons. The van der Waals surface area contributed by atoms with E-state index in [1.54, 1.807) is 24.3 Å². The van der Waals surface area contributed by atoms with Gasteiger partial charge in [0.05, 0.1) is 12.7 Å². The van der Waals surface area contributed by atoms with Gasteiger partial charge in [0.1, 0.15) is 12.1 Å². The van der Waals surface area contributed by atoms with Crippen LogP contribution in [0.1, 0.15) is 22.8 Å². The van der Waals surface area contributed by atoms with Crippen molar-refractivity contribution in [1.82, 2.24) is 10.2 Å². The van der Waals surface area contributed by atoms with Gasteiger partial charge >= 0.3 is 12.0 Å². The van der Waals surface area contributed by atoms with E-state index in [4.69, 9.17) is 23.2 Å². The minimum atomic E-state index is -1.44. The van der Waals surface area contributed by atoms with Crippen molar-refractivity contribution in [2.75, 3.05) is 19.0 Å². The van der Waals surface area contributed by atoms with Crippen molar-refractivity contribution in [2.45, 2.75) is 12.5 Å². The van der Waals surface area contributed by atoms with E-state index in [2.05, 4.69) is 15.4 Å². The highest BCUT2D eigenvalue weighted by Crippen LogP contribution is 2.34. The van der Waals surface area contributed by atoms with Gasteiger partial charge in [-0.3, -0.25) is 14.5 Å². The molecule has 0 saturated carbocycles. The number of rotatable bonds is 5. The fraction of sp³-hybridized carbons (Fsp3) is 0.200. The normalized spacial score (nSPS) is 18.2. The summed E-state index contributed by atoms with van der Waals surface area (Å²) in [6.07, 6.45) is 0. The van der Waals surface area contributed by atoms with Crippen LogP contribution in [-0.4, -0.2) is 42.4 Å². The monoisotopic (exact) mass is 449 g/mol. The maximum atomic E-state index is 13.0. The first-order valence-electron chi connectivity index (χ1n) is 8.73. The average Bonchev–Trinajstić information content (AvgIpc) is 2.91. The number of hydrogen-bond donors (Lipinski definition) is 2. The van der Waals surface area contributed by atoms with E-state index >= 15 is 0 Å². The maximum absolute atomic E-state index is 13.0. The molecule has 1 unspecified atom stereocenters. The molecule has 4 amide bonds. The van der Waals surface area contributed by atoms with Gasteiger partial charge in [0.25, 0.3) is 5.91 Å². The second kappa shape index (κ2) is 8.33. The molecule has 1 heterocycles. The van der Waals surface area contributed by atoms with Gasteiger partial charge in [0.2, 0.25) is 5.91 Å². The largest absolute Gasteiger partial charge is 0.465 e. The number of carbonyl (C=O) groups is 4. The maximum Gasteiger partial charge on any atom is 0.337 e. The third kappa shape index (κ3) is 4.10. The number of halogens is 2. The van der Waals surface area contributed by atoms with Crippen LogP contribution in [0.3, 0.4) is 0 Å². The summed E-state index contributed by atoms with van der Waals surface area (Å²) >= 11 is 12.1. The molecule has 0 bridgehead atoms. The molecule has 30 heavy (non-hydrogen) atoms. The first-order chi connectivity index (χ1) is 14.2. The number of amides is 4. The lowest BCUT2D eigenvalue weighted by Crippen LogP contribution is -2.42. The van der Waals surface area contributed by atoms with Gasteiger partial charge in [0.15, 0.2) is 0 Å². The van der Waals surface area contributed by atoms with Crippen molar-refractivity contribution in [2.24, 2.45) is 0 Å². The lowest BCUT2D eigenvalue weighted by atomic mass is 9.92. The number of methoxy groups -OCH3 is 1. The summed E-state index contributed by atoms with van der Waals surface area (Å²) in [6, 6.07) is 9.91. The molecule has 1 fully saturated rings. The molecule has 10 heteroatoms. The minimum absolute atomic E-state index is 0.213. The fourth-order valence-corrected chi connectivity index (χ4v) is 3.70. The lowest BCUT2D eigenvalue weighted by molar-refractivity contribution is -0.133. The molecular weight excluding hydrogens is 433 g/mol. The van der Waals surface area contributed by atoms with Crippen molar-refractivity contribution < 1.29 is 23.9 Å². The molecule has 2 aromatic carbocycles. The zero-order chi connectivity index (χ0) is 22.1. The number of benzene rings is 2. The summed E-state index contributed by atoms with van der Waals surface area (Å²) in [4.78, 5) is 50.2. The smallest absolute Gasteiger partial charge is 0.337 e. The number of hydrogen-bond acceptors (Lipinski definition) is 5. The van der Waals surface area contributed by atoms with E-state index in [0.717, 1.165) is 4.90 Å². The van der Waals surface area contributed by atoms with Crippen LogP contribution in [0, 0.1) is 0 Å². The van der Waals surface area contributed by atoms with Gasteiger partial charge in [-0.25, -0.2) is 9.59 Å². The summed E-state index contributed by atoms with van der Waals surface area (Å²) in [6.45, 7) is 0.980. The van der Waals surface area contributed by atoms with E-state index in [0.29, 0.717) is 16.3 Å². The second-order valence-corrected chi connectivity index (χ2v) is 7.53. The van der Waals surface area contributed by atoms with E-state index in [9.17, 15) is 19.2 Å². The first kappa shape index (κ1) is 21.6. The van der Waals surface area contributed by atoms with E-state index in [1.807, 2.05) is 0 Å². The zero-order valence-corrected chi connectivity index (χ0v) is 17.5. The highest BCUT2D eigenvalue weighted by Gasteiger charge is 2.50. The predicted molar refractivity (Wildman–Crippen MR) is 110 cm³/mol.